The Morgan fingerprint density at radius 2 is 2.43 bits per heavy atom. The quantitative estimate of drug-likeness (QED) is 0.592. The molecule has 0 aromatic carbocycles. The van der Waals surface area contributed by atoms with Gasteiger partial charge in [-0.15, -0.1) is 11.6 Å². The van der Waals surface area contributed by atoms with Crippen LogP contribution in [0.4, 0.5) is 0 Å². The Bertz CT molecular complexity index is 338. The van der Waals surface area contributed by atoms with Crippen LogP contribution in [0.25, 0.3) is 0 Å². The third-order valence-corrected chi connectivity index (χ3v) is 1.94. The molecule has 0 radical (unpaired) electrons. The van der Waals surface area contributed by atoms with Gasteiger partial charge in [-0.1, -0.05) is 0 Å². The van der Waals surface area contributed by atoms with Gasteiger partial charge in [-0.3, -0.25) is 4.79 Å². The molecule has 1 aromatic heterocycles. The maximum Gasteiger partial charge on any atom is 0.251 e. The summed E-state index contributed by atoms with van der Waals surface area (Å²) in [6.07, 6.45) is 0.605. The zero-order chi connectivity index (χ0) is 10.4. The lowest BCUT2D eigenvalue weighted by Gasteiger charge is -2.02. The first-order chi connectivity index (χ1) is 6.76. The van der Waals surface area contributed by atoms with Crippen molar-refractivity contribution in [2.75, 3.05) is 13.2 Å². The summed E-state index contributed by atoms with van der Waals surface area (Å²) in [6, 6.07) is 1.40. The summed E-state index contributed by atoms with van der Waals surface area (Å²) in [4.78, 5) is 17.9. The van der Waals surface area contributed by atoms with E-state index in [-0.39, 0.29) is 11.4 Å². The van der Waals surface area contributed by atoms with Gasteiger partial charge in [0, 0.05) is 19.1 Å². The van der Waals surface area contributed by atoms with Gasteiger partial charge in [0.05, 0.1) is 18.2 Å². The van der Waals surface area contributed by atoms with Gasteiger partial charge >= 0.3 is 0 Å². The zero-order valence-corrected chi connectivity index (χ0v) is 8.80. The third kappa shape index (κ3) is 3.47. The van der Waals surface area contributed by atoms with Crippen molar-refractivity contribution in [1.82, 2.24) is 9.97 Å². The summed E-state index contributed by atoms with van der Waals surface area (Å²) in [5.41, 5.74) is 0.434. The van der Waals surface area contributed by atoms with E-state index < -0.39 is 0 Å². The molecule has 0 saturated heterocycles. The summed E-state index contributed by atoms with van der Waals surface area (Å²) in [7, 11) is 0. The lowest BCUT2D eigenvalue weighted by atomic mass is 10.4. The first-order valence-electron chi connectivity index (χ1n) is 4.49. The minimum Gasteiger partial charge on any atom is -0.381 e. The first kappa shape index (κ1) is 11.2. The molecule has 0 fully saturated rings. The molecule has 0 atom stereocenters. The van der Waals surface area contributed by atoms with Crippen LogP contribution in [-0.2, 0) is 17.0 Å². The number of nitrogens with zero attached hydrogens (tertiary/aromatic N) is 1. The Hall–Kier alpha value is -0.870. The third-order valence-electron chi connectivity index (χ3n) is 1.67. The number of alkyl halides is 1. The van der Waals surface area contributed by atoms with Gasteiger partial charge in [-0.05, 0) is 6.92 Å². The minimum atomic E-state index is -0.165. The Kier molecular flexibility index (Phi) is 4.62. The van der Waals surface area contributed by atoms with Crippen molar-refractivity contribution in [3.8, 4) is 0 Å². The summed E-state index contributed by atoms with van der Waals surface area (Å²) in [6.45, 7) is 3.15. The van der Waals surface area contributed by atoms with Gasteiger partial charge in [0.2, 0.25) is 0 Å². The molecule has 5 heteroatoms. The van der Waals surface area contributed by atoms with Crippen LogP contribution in [-0.4, -0.2) is 23.2 Å². The van der Waals surface area contributed by atoms with E-state index in [1.807, 2.05) is 6.92 Å². The fraction of sp³-hybridized carbons (Fsp3) is 0.556. The van der Waals surface area contributed by atoms with Crippen LogP contribution in [0.1, 0.15) is 18.4 Å². The number of halogens is 1. The first-order valence-corrected chi connectivity index (χ1v) is 5.02. The minimum absolute atomic E-state index is 0.165. The van der Waals surface area contributed by atoms with E-state index in [0.29, 0.717) is 31.2 Å². The lowest BCUT2D eigenvalue weighted by molar-refractivity contribution is 0.149. The smallest absolute Gasteiger partial charge is 0.251 e. The number of ether oxygens (including phenoxy) is 1. The van der Waals surface area contributed by atoms with E-state index in [0.717, 1.165) is 0 Å². The maximum atomic E-state index is 11.1. The molecule has 1 aromatic rings. The molecule has 4 nitrogen and oxygen atoms in total. The molecule has 0 aliphatic carbocycles. The molecule has 78 valence electrons. The average molecular weight is 217 g/mol. The molecule has 1 N–H and O–H groups in total. The van der Waals surface area contributed by atoms with Gasteiger partial charge in [0.1, 0.15) is 5.82 Å². The van der Waals surface area contributed by atoms with E-state index in [1.165, 1.54) is 6.07 Å². The highest BCUT2D eigenvalue weighted by Gasteiger charge is 2.00. The molecule has 14 heavy (non-hydrogen) atoms. The highest BCUT2D eigenvalue weighted by atomic mass is 35.5. The van der Waals surface area contributed by atoms with Crippen molar-refractivity contribution < 1.29 is 4.74 Å². The second-order valence-electron chi connectivity index (χ2n) is 2.76. The van der Waals surface area contributed by atoms with E-state index >= 15 is 0 Å². The largest absolute Gasteiger partial charge is 0.381 e. The molecule has 0 saturated carbocycles. The molecule has 0 spiro atoms. The average Bonchev–Trinajstić information content (AvgIpc) is 2.17. The topological polar surface area (TPSA) is 55.0 Å². The Labute approximate surface area is 87.3 Å². The molecule has 0 aliphatic heterocycles. The van der Waals surface area contributed by atoms with Gasteiger partial charge in [-0.25, -0.2) is 4.98 Å². The van der Waals surface area contributed by atoms with E-state index in [2.05, 4.69) is 9.97 Å². The fourth-order valence-electron chi connectivity index (χ4n) is 1.06. The van der Waals surface area contributed by atoms with Crippen LogP contribution in [0.15, 0.2) is 10.9 Å². The summed E-state index contributed by atoms with van der Waals surface area (Å²) in [5, 5.41) is 0. The summed E-state index contributed by atoms with van der Waals surface area (Å²) in [5.74, 6) is 0.882. The van der Waals surface area contributed by atoms with Crippen molar-refractivity contribution in [3.05, 3.63) is 27.9 Å². The highest BCUT2D eigenvalue weighted by molar-refractivity contribution is 6.16. The van der Waals surface area contributed by atoms with Gasteiger partial charge < -0.3 is 9.72 Å². The number of H-pyrrole nitrogens is 1. The van der Waals surface area contributed by atoms with Crippen LogP contribution < -0.4 is 5.56 Å². The van der Waals surface area contributed by atoms with Gasteiger partial charge in [0.15, 0.2) is 0 Å². The zero-order valence-electron chi connectivity index (χ0n) is 8.05. The standard InChI is InChI=1S/C9H13ClN2O2/c1-2-14-4-3-8-11-7(6-10)5-9(13)12-8/h5H,2-4,6H2,1H3,(H,11,12,13). The summed E-state index contributed by atoms with van der Waals surface area (Å²) >= 11 is 5.59. The number of aromatic nitrogens is 2. The number of hydrogen-bond acceptors (Lipinski definition) is 3. The van der Waals surface area contributed by atoms with E-state index in [4.69, 9.17) is 16.3 Å². The van der Waals surface area contributed by atoms with Crippen LogP contribution in [0, 0.1) is 0 Å². The monoisotopic (exact) mass is 216 g/mol. The highest BCUT2D eigenvalue weighted by Crippen LogP contribution is 1.97. The van der Waals surface area contributed by atoms with Crippen molar-refractivity contribution in [2.24, 2.45) is 0 Å². The molecular weight excluding hydrogens is 204 g/mol. The van der Waals surface area contributed by atoms with Gasteiger partial charge in [-0.2, -0.15) is 0 Å². The SMILES string of the molecule is CCOCCc1nc(CCl)cc(=O)[nH]1. The Morgan fingerprint density at radius 1 is 1.64 bits per heavy atom. The molecule has 1 rings (SSSR count). The summed E-state index contributed by atoms with van der Waals surface area (Å²) < 4.78 is 5.16. The molecule has 1 heterocycles. The van der Waals surface area contributed by atoms with E-state index in [9.17, 15) is 4.79 Å². The molecular formula is C9H13ClN2O2. The van der Waals surface area contributed by atoms with Gasteiger partial charge in [0.25, 0.3) is 5.56 Å². The molecule has 0 unspecified atom stereocenters. The maximum absolute atomic E-state index is 11.1. The van der Waals surface area contributed by atoms with Crippen LogP contribution in [0.2, 0.25) is 0 Å². The number of nitrogens with one attached hydrogen (secondary N) is 1. The molecule has 0 amide bonds. The van der Waals surface area contributed by atoms with Crippen LogP contribution in [0.3, 0.4) is 0 Å². The predicted molar refractivity (Wildman–Crippen MR) is 54.6 cm³/mol. The molecule has 0 aliphatic rings. The Morgan fingerprint density at radius 3 is 3.07 bits per heavy atom. The number of hydrogen-bond donors (Lipinski definition) is 1. The fourth-order valence-corrected chi connectivity index (χ4v) is 1.20. The number of aromatic amines is 1. The van der Waals surface area contributed by atoms with Crippen molar-refractivity contribution in [3.63, 3.8) is 0 Å². The second-order valence-corrected chi connectivity index (χ2v) is 3.03. The van der Waals surface area contributed by atoms with Crippen LogP contribution in [0.5, 0.6) is 0 Å². The Balaban J connectivity index is 2.67. The molecule has 0 bridgehead atoms. The predicted octanol–water partition coefficient (Wildman–Crippen LogP) is 1.09. The number of rotatable bonds is 5. The van der Waals surface area contributed by atoms with Crippen molar-refractivity contribution >= 4 is 11.6 Å². The van der Waals surface area contributed by atoms with Crippen molar-refractivity contribution in [1.29, 1.82) is 0 Å². The second kappa shape index (κ2) is 5.78. The van der Waals surface area contributed by atoms with Crippen molar-refractivity contribution in [2.45, 2.75) is 19.2 Å². The normalized spacial score (nSPS) is 10.4. The van der Waals surface area contributed by atoms with Crippen LogP contribution >= 0.6 is 11.6 Å². The lowest BCUT2D eigenvalue weighted by Crippen LogP contribution is -2.13. The van der Waals surface area contributed by atoms with E-state index in [1.54, 1.807) is 0 Å².